The number of ether oxygens (including phenoxy) is 1. The van der Waals surface area contributed by atoms with Crippen molar-refractivity contribution < 1.29 is 9.53 Å². The summed E-state index contributed by atoms with van der Waals surface area (Å²) in [4.78, 5) is 14.8. The van der Waals surface area contributed by atoms with Crippen LogP contribution < -0.4 is 5.32 Å². The van der Waals surface area contributed by atoms with E-state index in [1.54, 1.807) is 4.68 Å². The number of aryl methyl sites for hydroxylation is 2. The third-order valence-electron chi connectivity index (χ3n) is 4.20. The Labute approximate surface area is 141 Å². The average Bonchev–Trinajstić information content (AvgIpc) is 3.02. The van der Waals surface area contributed by atoms with E-state index in [4.69, 9.17) is 4.74 Å². The second-order valence-electron chi connectivity index (χ2n) is 6.02. The highest BCUT2D eigenvalue weighted by Gasteiger charge is 2.13. The summed E-state index contributed by atoms with van der Waals surface area (Å²) in [6, 6.07) is 5.79. The van der Waals surface area contributed by atoms with E-state index in [-0.39, 0.29) is 5.91 Å². The lowest BCUT2D eigenvalue weighted by Gasteiger charge is -2.26. The standard InChI is InChI=1S/C17H23N5O2/c1-13-3-4-14(16-12-21(2)20-19-16)11-15(13)17(23)18-5-6-22-7-9-24-10-8-22/h3-4,11-12H,5-10H2,1-2H3,(H,18,23). The largest absolute Gasteiger partial charge is 0.379 e. The lowest BCUT2D eigenvalue weighted by molar-refractivity contribution is 0.0383. The van der Waals surface area contributed by atoms with Crippen LogP contribution in [0.1, 0.15) is 15.9 Å². The van der Waals surface area contributed by atoms with E-state index < -0.39 is 0 Å². The van der Waals surface area contributed by atoms with Crippen molar-refractivity contribution in [1.82, 2.24) is 25.2 Å². The number of hydrogen-bond acceptors (Lipinski definition) is 5. The molecule has 1 N–H and O–H groups in total. The van der Waals surface area contributed by atoms with Crippen molar-refractivity contribution in [1.29, 1.82) is 0 Å². The van der Waals surface area contributed by atoms with Crippen molar-refractivity contribution >= 4 is 5.91 Å². The van der Waals surface area contributed by atoms with Crippen molar-refractivity contribution in [2.75, 3.05) is 39.4 Å². The molecule has 0 radical (unpaired) electrons. The summed E-state index contributed by atoms with van der Waals surface area (Å²) in [6.07, 6.45) is 1.84. The highest BCUT2D eigenvalue weighted by Crippen LogP contribution is 2.20. The predicted molar refractivity (Wildman–Crippen MR) is 90.8 cm³/mol. The predicted octanol–water partition coefficient (Wildman–Crippen LogP) is 0.853. The molecule has 3 rings (SSSR count). The number of nitrogens with one attached hydrogen (secondary N) is 1. The van der Waals surface area contributed by atoms with Crippen molar-refractivity contribution in [2.45, 2.75) is 6.92 Å². The molecule has 1 amide bonds. The minimum Gasteiger partial charge on any atom is -0.379 e. The third kappa shape index (κ3) is 3.98. The summed E-state index contributed by atoms with van der Waals surface area (Å²) < 4.78 is 6.98. The molecule has 7 heteroatoms. The Morgan fingerprint density at radius 3 is 2.83 bits per heavy atom. The molecule has 1 aromatic heterocycles. The third-order valence-corrected chi connectivity index (χ3v) is 4.20. The van der Waals surface area contributed by atoms with Crippen LogP contribution in [0.2, 0.25) is 0 Å². The molecule has 2 heterocycles. The number of carbonyl (C=O) groups is 1. The lowest BCUT2D eigenvalue weighted by Crippen LogP contribution is -2.41. The number of hydrogen-bond donors (Lipinski definition) is 1. The zero-order chi connectivity index (χ0) is 16.9. The topological polar surface area (TPSA) is 72.3 Å². The maximum Gasteiger partial charge on any atom is 0.251 e. The van der Waals surface area contributed by atoms with E-state index in [0.717, 1.165) is 49.7 Å². The van der Waals surface area contributed by atoms with Crippen LogP contribution in [0.4, 0.5) is 0 Å². The van der Waals surface area contributed by atoms with Gasteiger partial charge in [0.2, 0.25) is 0 Å². The van der Waals surface area contributed by atoms with Gasteiger partial charge in [-0.25, -0.2) is 0 Å². The summed E-state index contributed by atoms with van der Waals surface area (Å²) in [5, 5.41) is 11.1. The van der Waals surface area contributed by atoms with Gasteiger partial charge in [0.25, 0.3) is 5.91 Å². The molecule has 0 aliphatic carbocycles. The molecule has 0 saturated carbocycles. The Kier molecular flexibility index (Phi) is 5.22. The number of carbonyl (C=O) groups excluding carboxylic acids is 1. The van der Waals surface area contributed by atoms with E-state index in [1.807, 2.05) is 38.4 Å². The number of rotatable bonds is 5. The molecule has 2 aromatic rings. The van der Waals surface area contributed by atoms with Gasteiger partial charge in [-0.2, -0.15) is 0 Å². The van der Waals surface area contributed by atoms with Gasteiger partial charge in [-0.05, 0) is 18.6 Å². The maximum absolute atomic E-state index is 12.5. The van der Waals surface area contributed by atoms with Crippen LogP contribution in [0, 0.1) is 6.92 Å². The molecule has 7 nitrogen and oxygen atoms in total. The van der Waals surface area contributed by atoms with Crippen molar-refractivity contribution in [3.05, 3.63) is 35.5 Å². The van der Waals surface area contributed by atoms with Gasteiger partial charge in [-0.3, -0.25) is 14.4 Å². The van der Waals surface area contributed by atoms with Crippen LogP contribution in [0.15, 0.2) is 24.4 Å². The van der Waals surface area contributed by atoms with Gasteiger partial charge in [-0.1, -0.05) is 17.3 Å². The molecule has 128 valence electrons. The fraction of sp³-hybridized carbons (Fsp3) is 0.471. The van der Waals surface area contributed by atoms with E-state index in [2.05, 4.69) is 20.5 Å². The Morgan fingerprint density at radius 1 is 1.33 bits per heavy atom. The Hall–Kier alpha value is -2.25. The first-order valence-electron chi connectivity index (χ1n) is 8.19. The number of aromatic nitrogens is 3. The maximum atomic E-state index is 12.5. The molecular weight excluding hydrogens is 306 g/mol. The molecule has 24 heavy (non-hydrogen) atoms. The molecular formula is C17H23N5O2. The number of benzene rings is 1. The second kappa shape index (κ2) is 7.55. The summed E-state index contributed by atoms with van der Waals surface area (Å²) in [6.45, 7) is 6.82. The molecule has 1 saturated heterocycles. The summed E-state index contributed by atoms with van der Waals surface area (Å²) in [5.74, 6) is -0.0495. The monoisotopic (exact) mass is 329 g/mol. The molecule has 1 aliphatic heterocycles. The molecule has 0 spiro atoms. The molecule has 0 bridgehead atoms. The smallest absolute Gasteiger partial charge is 0.251 e. The van der Waals surface area contributed by atoms with Crippen LogP contribution >= 0.6 is 0 Å². The molecule has 1 fully saturated rings. The van der Waals surface area contributed by atoms with Gasteiger partial charge >= 0.3 is 0 Å². The molecule has 0 unspecified atom stereocenters. The zero-order valence-electron chi connectivity index (χ0n) is 14.2. The zero-order valence-corrected chi connectivity index (χ0v) is 14.2. The molecule has 0 atom stereocenters. The van der Waals surface area contributed by atoms with Crippen LogP contribution in [0.25, 0.3) is 11.3 Å². The van der Waals surface area contributed by atoms with Gasteiger partial charge in [0.15, 0.2) is 0 Å². The second-order valence-corrected chi connectivity index (χ2v) is 6.02. The first kappa shape index (κ1) is 16.6. The Bertz CT molecular complexity index is 707. The number of amides is 1. The molecule has 1 aromatic carbocycles. The van der Waals surface area contributed by atoms with Gasteiger partial charge in [0.1, 0.15) is 5.69 Å². The summed E-state index contributed by atoms with van der Waals surface area (Å²) >= 11 is 0. The minimum absolute atomic E-state index is 0.0495. The summed E-state index contributed by atoms with van der Waals surface area (Å²) in [5.41, 5.74) is 3.29. The van der Waals surface area contributed by atoms with E-state index in [1.165, 1.54) is 0 Å². The first-order chi connectivity index (χ1) is 11.6. The van der Waals surface area contributed by atoms with Gasteiger partial charge < -0.3 is 10.1 Å². The SMILES string of the molecule is Cc1ccc(-c2cn(C)nn2)cc1C(=O)NCCN1CCOCC1. The van der Waals surface area contributed by atoms with Gasteiger partial charge in [0, 0.05) is 44.4 Å². The van der Waals surface area contributed by atoms with E-state index in [9.17, 15) is 4.79 Å². The van der Waals surface area contributed by atoms with Crippen molar-refractivity contribution in [3.63, 3.8) is 0 Å². The minimum atomic E-state index is -0.0495. The summed E-state index contributed by atoms with van der Waals surface area (Å²) in [7, 11) is 1.82. The van der Waals surface area contributed by atoms with Crippen molar-refractivity contribution in [3.8, 4) is 11.3 Å². The van der Waals surface area contributed by atoms with Crippen LogP contribution in [-0.2, 0) is 11.8 Å². The lowest BCUT2D eigenvalue weighted by atomic mass is 10.0. The first-order valence-corrected chi connectivity index (χ1v) is 8.19. The normalized spacial score (nSPS) is 15.4. The fourth-order valence-electron chi connectivity index (χ4n) is 2.75. The highest BCUT2D eigenvalue weighted by molar-refractivity contribution is 5.96. The molecule has 1 aliphatic rings. The van der Waals surface area contributed by atoms with Crippen LogP contribution in [0.3, 0.4) is 0 Å². The number of nitrogens with zero attached hydrogens (tertiary/aromatic N) is 4. The fourth-order valence-corrected chi connectivity index (χ4v) is 2.75. The Balaban J connectivity index is 1.63. The van der Waals surface area contributed by atoms with Crippen molar-refractivity contribution in [2.24, 2.45) is 7.05 Å². The number of morpholine rings is 1. The van der Waals surface area contributed by atoms with Crippen LogP contribution in [0.5, 0.6) is 0 Å². The van der Waals surface area contributed by atoms with Crippen LogP contribution in [-0.4, -0.2) is 65.2 Å². The van der Waals surface area contributed by atoms with Gasteiger partial charge in [-0.15, -0.1) is 5.10 Å². The highest BCUT2D eigenvalue weighted by atomic mass is 16.5. The van der Waals surface area contributed by atoms with E-state index in [0.29, 0.717) is 12.1 Å². The average molecular weight is 329 g/mol. The quantitative estimate of drug-likeness (QED) is 0.880. The van der Waals surface area contributed by atoms with Gasteiger partial charge in [0.05, 0.1) is 19.4 Å². The Morgan fingerprint density at radius 2 is 2.12 bits per heavy atom. The van der Waals surface area contributed by atoms with E-state index >= 15 is 0 Å².